The summed E-state index contributed by atoms with van der Waals surface area (Å²) >= 11 is 0. The molecule has 2 N–H and O–H groups in total. The molecule has 1 heterocycles. The molecule has 0 aliphatic heterocycles. The van der Waals surface area contributed by atoms with Crippen molar-refractivity contribution >= 4 is 5.97 Å². The van der Waals surface area contributed by atoms with Gasteiger partial charge in [-0.1, -0.05) is 24.3 Å². The van der Waals surface area contributed by atoms with Gasteiger partial charge in [-0.05, 0) is 23.8 Å². The van der Waals surface area contributed by atoms with E-state index in [0.717, 1.165) is 22.5 Å². The highest BCUT2D eigenvalue weighted by Gasteiger charge is 2.04. The molecule has 0 bridgehead atoms. The number of aromatic nitrogens is 1. The zero-order chi connectivity index (χ0) is 13.7. The van der Waals surface area contributed by atoms with Crippen LogP contribution in [-0.4, -0.2) is 27.8 Å². The van der Waals surface area contributed by atoms with Crippen LogP contribution in [0, 0.1) is 0 Å². The molecule has 2 rings (SSSR count). The van der Waals surface area contributed by atoms with E-state index in [2.05, 4.69) is 4.98 Å². The first kappa shape index (κ1) is 13.2. The first-order valence-electron chi connectivity index (χ1n) is 6.07. The smallest absolute Gasteiger partial charge is 0.307 e. The molecule has 2 aromatic rings. The average molecular weight is 257 g/mol. The van der Waals surface area contributed by atoms with Crippen molar-refractivity contribution in [3.63, 3.8) is 0 Å². The lowest BCUT2D eigenvalue weighted by Crippen LogP contribution is -2.00. The number of hydrogen-bond acceptors (Lipinski definition) is 3. The van der Waals surface area contributed by atoms with Gasteiger partial charge in [-0.2, -0.15) is 0 Å². The van der Waals surface area contributed by atoms with Crippen molar-refractivity contribution in [1.82, 2.24) is 4.98 Å². The van der Waals surface area contributed by atoms with Crippen molar-refractivity contribution in [2.75, 3.05) is 6.61 Å². The summed E-state index contributed by atoms with van der Waals surface area (Å²) in [7, 11) is 0. The molecule has 1 aromatic heterocycles. The Balaban J connectivity index is 2.30. The van der Waals surface area contributed by atoms with Crippen LogP contribution in [-0.2, 0) is 17.6 Å². The van der Waals surface area contributed by atoms with E-state index in [1.54, 1.807) is 6.07 Å². The molecule has 1 aromatic carbocycles. The minimum atomic E-state index is -0.848. The van der Waals surface area contributed by atoms with Crippen LogP contribution in [0.4, 0.5) is 0 Å². The van der Waals surface area contributed by atoms with Crippen LogP contribution in [0.15, 0.2) is 42.5 Å². The summed E-state index contributed by atoms with van der Waals surface area (Å²) in [6.07, 6.45) is 0.521. The summed E-state index contributed by atoms with van der Waals surface area (Å²) in [5.74, 6) is -0.848. The zero-order valence-electron chi connectivity index (χ0n) is 10.4. The van der Waals surface area contributed by atoms with E-state index in [4.69, 9.17) is 10.2 Å². The maximum absolute atomic E-state index is 10.7. The fraction of sp³-hybridized carbons (Fsp3) is 0.200. The van der Waals surface area contributed by atoms with Gasteiger partial charge in [-0.15, -0.1) is 0 Å². The number of benzene rings is 1. The summed E-state index contributed by atoms with van der Waals surface area (Å²) in [6, 6.07) is 13.0. The Kier molecular flexibility index (Phi) is 4.26. The third-order valence-corrected chi connectivity index (χ3v) is 2.75. The van der Waals surface area contributed by atoms with Crippen molar-refractivity contribution in [2.45, 2.75) is 12.8 Å². The van der Waals surface area contributed by atoms with Gasteiger partial charge in [0.15, 0.2) is 0 Å². The van der Waals surface area contributed by atoms with Crippen molar-refractivity contribution in [3.05, 3.63) is 53.7 Å². The number of carbonyl (C=O) groups is 1. The fourth-order valence-corrected chi connectivity index (χ4v) is 1.91. The number of hydrogen-bond donors (Lipinski definition) is 2. The SMILES string of the molecule is O=C(O)Cc1cccc(-c2cccc(CCO)n2)c1. The molecule has 0 atom stereocenters. The number of aliphatic carboxylic acids is 1. The van der Waals surface area contributed by atoms with Gasteiger partial charge >= 0.3 is 5.97 Å². The maximum atomic E-state index is 10.7. The van der Waals surface area contributed by atoms with Gasteiger partial charge in [0.1, 0.15) is 0 Å². The summed E-state index contributed by atoms with van der Waals surface area (Å²) in [6.45, 7) is 0.0650. The molecule has 0 spiro atoms. The van der Waals surface area contributed by atoms with Crippen molar-refractivity contribution in [2.24, 2.45) is 0 Å². The van der Waals surface area contributed by atoms with E-state index in [-0.39, 0.29) is 13.0 Å². The van der Waals surface area contributed by atoms with E-state index in [1.807, 2.05) is 36.4 Å². The van der Waals surface area contributed by atoms with Crippen LogP contribution in [0.1, 0.15) is 11.3 Å². The van der Waals surface area contributed by atoms with Crippen LogP contribution in [0.25, 0.3) is 11.3 Å². The van der Waals surface area contributed by atoms with Crippen molar-refractivity contribution in [1.29, 1.82) is 0 Å². The summed E-state index contributed by atoms with van der Waals surface area (Å²) in [5, 5.41) is 17.7. The van der Waals surface area contributed by atoms with E-state index in [0.29, 0.717) is 6.42 Å². The third-order valence-electron chi connectivity index (χ3n) is 2.75. The van der Waals surface area contributed by atoms with Crippen LogP contribution in [0.2, 0.25) is 0 Å². The lowest BCUT2D eigenvalue weighted by molar-refractivity contribution is -0.136. The van der Waals surface area contributed by atoms with Crippen LogP contribution >= 0.6 is 0 Å². The monoisotopic (exact) mass is 257 g/mol. The Bertz CT molecular complexity index is 581. The molecule has 0 fully saturated rings. The number of carboxylic acids is 1. The van der Waals surface area contributed by atoms with Gasteiger partial charge in [0.05, 0.1) is 12.1 Å². The third kappa shape index (κ3) is 3.63. The fourth-order valence-electron chi connectivity index (χ4n) is 1.91. The lowest BCUT2D eigenvalue weighted by atomic mass is 10.1. The molecule has 0 unspecified atom stereocenters. The zero-order valence-corrected chi connectivity index (χ0v) is 10.4. The first-order valence-corrected chi connectivity index (χ1v) is 6.07. The topological polar surface area (TPSA) is 70.4 Å². The van der Waals surface area contributed by atoms with Crippen LogP contribution in [0.3, 0.4) is 0 Å². The highest BCUT2D eigenvalue weighted by atomic mass is 16.4. The number of rotatable bonds is 5. The highest BCUT2D eigenvalue weighted by molar-refractivity contribution is 5.71. The molecular formula is C15H15NO3. The number of carboxylic acid groups (broad SMARTS) is 1. The standard InChI is InChI=1S/C15H15NO3/c17-8-7-13-5-2-6-14(16-13)12-4-1-3-11(9-12)10-15(18)19/h1-6,9,17H,7-8,10H2,(H,18,19). The molecule has 0 aliphatic rings. The second kappa shape index (κ2) is 6.11. The molecule has 19 heavy (non-hydrogen) atoms. The van der Waals surface area contributed by atoms with Gasteiger partial charge in [0.2, 0.25) is 0 Å². The second-order valence-electron chi connectivity index (χ2n) is 4.26. The number of pyridine rings is 1. The molecular weight excluding hydrogens is 242 g/mol. The molecule has 0 radical (unpaired) electrons. The van der Waals surface area contributed by atoms with Crippen molar-refractivity contribution in [3.8, 4) is 11.3 Å². The molecule has 4 heteroatoms. The number of nitrogens with zero attached hydrogens (tertiary/aromatic N) is 1. The Labute approximate surface area is 111 Å². The minimum absolute atomic E-state index is 0.00414. The van der Waals surface area contributed by atoms with E-state index < -0.39 is 5.97 Å². The normalized spacial score (nSPS) is 10.4. The van der Waals surface area contributed by atoms with Crippen LogP contribution < -0.4 is 0 Å². The van der Waals surface area contributed by atoms with E-state index in [1.165, 1.54) is 0 Å². The predicted octanol–water partition coefficient (Wildman–Crippen LogP) is 1.91. The first-order chi connectivity index (χ1) is 9.19. The Hall–Kier alpha value is -2.20. The predicted molar refractivity (Wildman–Crippen MR) is 71.8 cm³/mol. The number of aliphatic hydroxyl groups excluding tert-OH is 1. The molecule has 0 aliphatic carbocycles. The van der Waals surface area contributed by atoms with Crippen molar-refractivity contribution < 1.29 is 15.0 Å². The summed E-state index contributed by atoms with van der Waals surface area (Å²) < 4.78 is 0. The van der Waals surface area contributed by atoms with E-state index in [9.17, 15) is 4.79 Å². The van der Waals surface area contributed by atoms with E-state index >= 15 is 0 Å². The second-order valence-corrected chi connectivity index (χ2v) is 4.26. The molecule has 0 saturated heterocycles. The largest absolute Gasteiger partial charge is 0.481 e. The quantitative estimate of drug-likeness (QED) is 0.858. The summed E-state index contributed by atoms with van der Waals surface area (Å²) in [5.41, 5.74) is 3.25. The molecule has 0 saturated carbocycles. The maximum Gasteiger partial charge on any atom is 0.307 e. The van der Waals surface area contributed by atoms with Gasteiger partial charge < -0.3 is 10.2 Å². The van der Waals surface area contributed by atoms with Gasteiger partial charge in [0, 0.05) is 24.3 Å². The highest BCUT2D eigenvalue weighted by Crippen LogP contribution is 2.19. The molecule has 4 nitrogen and oxygen atoms in total. The Morgan fingerprint density at radius 1 is 1.16 bits per heavy atom. The molecule has 0 amide bonds. The van der Waals surface area contributed by atoms with Gasteiger partial charge in [-0.25, -0.2) is 0 Å². The van der Waals surface area contributed by atoms with Crippen LogP contribution in [0.5, 0.6) is 0 Å². The van der Waals surface area contributed by atoms with Gasteiger partial charge in [0.25, 0.3) is 0 Å². The van der Waals surface area contributed by atoms with Gasteiger partial charge in [-0.3, -0.25) is 9.78 Å². The molecule has 98 valence electrons. The number of aliphatic hydroxyl groups is 1. The minimum Gasteiger partial charge on any atom is -0.481 e. The Morgan fingerprint density at radius 3 is 2.68 bits per heavy atom. The Morgan fingerprint density at radius 2 is 1.95 bits per heavy atom. The lowest BCUT2D eigenvalue weighted by Gasteiger charge is -2.05. The average Bonchev–Trinajstić information content (AvgIpc) is 2.39. The summed E-state index contributed by atoms with van der Waals surface area (Å²) in [4.78, 5) is 15.2.